The van der Waals surface area contributed by atoms with Crippen molar-refractivity contribution in [3.05, 3.63) is 47.5 Å². The first-order valence-electron chi connectivity index (χ1n) is 4.97. The molecular formula is C13H12N2. The van der Waals surface area contributed by atoms with E-state index >= 15 is 0 Å². The minimum absolute atomic E-state index is 0.576. The van der Waals surface area contributed by atoms with Crippen molar-refractivity contribution in [2.75, 3.05) is 6.54 Å². The molecule has 0 unspecified atom stereocenters. The highest BCUT2D eigenvalue weighted by Crippen LogP contribution is 2.21. The van der Waals surface area contributed by atoms with E-state index in [1.165, 1.54) is 0 Å². The second-order valence-corrected chi connectivity index (χ2v) is 3.47. The van der Waals surface area contributed by atoms with Gasteiger partial charge in [0.15, 0.2) is 0 Å². The van der Waals surface area contributed by atoms with Gasteiger partial charge in [-0.2, -0.15) is 5.26 Å². The third kappa shape index (κ3) is 1.70. The second kappa shape index (κ2) is 4.12. The molecule has 0 atom stereocenters. The zero-order valence-corrected chi connectivity index (χ0v) is 8.40. The topological polar surface area (TPSA) is 49.8 Å². The van der Waals surface area contributed by atoms with Crippen LogP contribution in [0.15, 0.2) is 36.4 Å². The van der Waals surface area contributed by atoms with Gasteiger partial charge in [0.1, 0.15) is 6.07 Å². The molecule has 0 aliphatic carbocycles. The summed E-state index contributed by atoms with van der Waals surface area (Å²) in [6.07, 6.45) is 0.758. The molecule has 2 N–H and O–H groups in total. The van der Waals surface area contributed by atoms with Crippen LogP contribution in [0.1, 0.15) is 11.1 Å². The fourth-order valence-corrected chi connectivity index (χ4v) is 1.81. The van der Waals surface area contributed by atoms with E-state index in [1.807, 2.05) is 36.4 Å². The quantitative estimate of drug-likeness (QED) is 0.800. The number of rotatable bonds is 2. The number of fused-ring (bicyclic) bond motifs is 1. The standard InChI is InChI=1S/C13H12N2/c14-8-7-11-6-5-10-3-1-2-4-12(10)13(11)9-15/h1-6H,7-8,14H2. The van der Waals surface area contributed by atoms with Crippen molar-refractivity contribution >= 4 is 10.8 Å². The zero-order chi connectivity index (χ0) is 10.7. The van der Waals surface area contributed by atoms with Crippen molar-refractivity contribution in [1.82, 2.24) is 0 Å². The third-order valence-electron chi connectivity index (χ3n) is 2.54. The molecule has 0 fully saturated rings. The van der Waals surface area contributed by atoms with Crippen LogP contribution in [0.3, 0.4) is 0 Å². The molecule has 0 saturated carbocycles. The van der Waals surface area contributed by atoms with Crippen LogP contribution >= 0.6 is 0 Å². The van der Waals surface area contributed by atoms with E-state index in [-0.39, 0.29) is 0 Å². The Hall–Kier alpha value is -1.85. The SMILES string of the molecule is N#Cc1c(CCN)ccc2ccccc12. The molecule has 2 nitrogen and oxygen atoms in total. The fraction of sp³-hybridized carbons (Fsp3) is 0.154. The second-order valence-electron chi connectivity index (χ2n) is 3.47. The van der Waals surface area contributed by atoms with Gasteiger partial charge in [-0.05, 0) is 29.3 Å². The van der Waals surface area contributed by atoms with Gasteiger partial charge in [-0.3, -0.25) is 0 Å². The largest absolute Gasteiger partial charge is 0.330 e. The minimum atomic E-state index is 0.576. The first kappa shape index (κ1) is 9.70. The summed E-state index contributed by atoms with van der Waals surface area (Å²) in [5, 5.41) is 11.3. The summed E-state index contributed by atoms with van der Waals surface area (Å²) < 4.78 is 0. The van der Waals surface area contributed by atoms with Crippen LogP contribution in [0.2, 0.25) is 0 Å². The lowest BCUT2D eigenvalue weighted by Crippen LogP contribution is -2.04. The van der Waals surface area contributed by atoms with Gasteiger partial charge in [-0.1, -0.05) is 36.4 Å². The lowest BCUT2D eigenvalue weighted by molar-refractivity contribution is 0.967. The van der Waals surface area contributed by atoms with E-state index < -0.39 is 0 Å². The maximum absolute atomic E-state index is 9.15. The smallest absolute Gasteiger partial charge is 0.100 e. The lowest BCUT2D eigenvalue weighted by atomic mass is 9.98. The molecule has 0 heterocycles. The summed E-state index contributed by atoms with van der Waals surface area (Å²) in [7, 11) is 0. The average molecular weight is 196 g/mol. The molecule has 0 bridgehead atoms. The Labute approximate surface area is 88.9 Å². The van der Waals surface area contributed by atoms with Gasteiger partial charge in [0.25, 0.3) is 0 Å². The van der Waals surface area contributed by atoms with Crippen molar-refractivity contribution in [2.45, 2.75) is 6.42 Å². The highest BCUT2D eigenvalue weighted by atomic mass is 14.5. The number of benzene rings is 2. The monoisotopic (exact) mass is 196 g/mol. The van der Waals surface area contributed by atoms with Gasteiger partial charge >= 0.3 is 0 Å². The van der Waals surface area contributed by atoms with Crippen molar-refractivity contribution in [3.8, 4) is 6.07 Å². The van der Waals surface area contributed by atoms with Crippen LogP contribution in [-0.4, -0.2) is 6.54 Å². The summed E-state index contributed by atoms with van der Waals surface area (Å²) in [5.74, 6) is 0. The van der Waals surface area contributed by atoms with Gasteiger partial charge in [0.05, 0.1) is 5.56 Å². The third-order valence-corrected chi connectivity index (χ3v) is 2.54. The van der Waals surface area contributed by atoms with Crippen molar-refractivity contribution in [1.29, 1.82) is 5.26 Å². The van der Waals surface area contributed by atoms with Crippen LogP contribution in [0.25, 0.3) is 10.8 Å². The lowest BCUT2D eigenvalue weighted by Gasteiger charge is -2.05. The summed E-state index contributed by atoms with van der Waals surface area (Å²) in [6, 6.07) is 14.2. The van der Waals surface area contributed by atoms with E-state index in [0.29, 0.717) is 6.54 Å². The Kier molecular flexibility index (Phi) is 2.66. The van der Waals surface area contributed by atoms with Crippen molar-refractivity contribution < 1.29 is 0 Å². The first-order chi connectivity index (χ1) is 7.36. The summed E-state index contributed by atoms with van der Waals surface area (Å²) in [5.41, 5.74) is 7.32. The van der Waals surface area contributed by atoms with E-state index in [2.05, 4.69) is 6.07 Å². The van der Waals surface area contributed by atoms with Gasteiger partial charge in [-0.15, -0.1) is 0 Å². The maximum atomic E-state index is 9.15. The molecule has 0 aliphatic heterocycles. The van der Waals surface area contributed by atoms with Gasteiger partial charge in [0.2, 0.25) is 0 Å². The first-order valence-corrected chi connectivity index (χ1v) is 4.97. The normalized spacial score (nSPS) is 10.1. The van der Waals surface area contributed by atoms with Gasteiger partial charge in [-0.25, -0.2) is 0 Å². The molecule has 0 saturated heterocycles. The molecular weight excluding hydrogens is 184 g/mol. The maximum Gasteiger partial charge on any atom is 0.100 e. The highest BCUT2D eigenvalue weighted by Gasteiger charge is 2.05. The Morgan fingerprint density at radius 2 is 1.93 bits per heavy atom. The van der Waals surface area contributed by atoms with Crippen LogP contribution in [0.5, 0.6) is 0 Å². The highest BCUT2D eigenvalue weighted by molar-refractivity contribution is 5.89. The van der Waals surface area contributed by atoms with Crippen LogP contribution in [0, 0.1) is 11.3 Å². The molecule has 2 aromatic rings. The van der Waals surface area contributed by atoms with E-state index in [1.54, 1.807) is 0 Å². The molecule has 2 heteroatoms. The molecule has 0 aromatic heterocycles. The van der Waals surface area contributed by atoms with Crippen molar-refractivity contribution in [2.24, 2.45) is 5.73 Å². The van der Waals surface area contributed by atoms with E-state index in [0.717, 1.165) is 28.3 Å². The average Bonchev–Trinajstić information content (AvgIpc) is 2.29. The number of hydrogen-bond acceptors (Lipinski definition) is 2. The predicted molar refractivity (Wildman–Crippen MR) is 61.4 cm³/mol. The fourth-order valence-electron chi connectivity index (χ4n) is 1.81. The van der Waals surface area contributed by atoms with Gasteiger partial charge in [0, 0.05) is 0 Å². The van der Waals surface area contributed by atoms with Crippen LogP contribution < -0.4 is 5.73 Å². The Balaban J connectivity index is 2.71. The summed E-state index contributed by atoms with van der Waals surface area (Å²) in [4.78, 5) is 0. The molecule has 0 amide bonds. The molecule has 0 aliphatic rings. The predicted octanol–water partition coefficient (Wildman–Crippen LogP) is 2.21. The zero-order valence-electron chi connectivity index (χ0n) is 8.40. The van der Waals surface area contributed by atoms with Crippen LogP contribution in [-0.2, 0) is 6.42 Å². The minimum Gasteiger partial charge on any atom is -0.330 e. The molecule has 15 heavy (non-hydrogen) atoms. The summed E-state index contributed by atoms with van der Waals surface area (Å²) in [6.45, 7) is 0.576. The summed E-state index contributed by atoms with van der Waals surface area (Å²) >= 11 is 0. The Morgan fingerprint density at radius 3 is 2.67 bits per heavy atom. The molecule has 0 radical (unpaired) electrons. The number of nitrogens with zero attached hydrogens (tertiary/aromatic N) is 1. The van der Waals surface area contributed by atoms with E-state index in [4.69, 9.17) is 11.0 Å². The Morgan fingerprint density at radius 1 is 1.13 bits per heavy atom. The molecule has 0 spiro atoms. The molecule has 2 aromatic carbocycles. The number of hydrogen-bond donors (Lipinski definition) is 1. The number of nitrogens with two attached hydrogens (primary N) is 1. The van der Waals surface area contributed by atoms with Crippen LogP contribution in [0.4, 0.5) is 0 Å². The number of nitriles is 1. The molecule has 2 rings (SSSR count). The van der Waals surface area contributed by atoms with Crippen molar-refractivity contribution in [3.63, 3.8) is 0 Å². The van der Waals surface area contributed by atoms with Gasteiger partial charge < -0.3 is 5.73 Å². The Bertz CT molecular complexity index is 524. The van der Waals surface area contributed by atoms with E-state index in [9.17, 15) is 0 Å². The molecule has 74 valence electrons.